The van der Waals surface area contributed by atoms with Crippen LogP contribution >= 0.6 is 7.82 Å². The molecule has 55 heavy (non-hydrogen) atoms. The normalized spacial score (nSPS) is 21.0. The molecular weight excluding hydrogens is 730 g/mol. The number of phosphoric acid groups is 1. The smallest absolute Gasteiger partial charge is 0.387 e. The van der Waals surface area contributed by atoms with Gasteiger partial charge in [0.05, 0.1) is 37.2 Å². The first-order valence-electron chi connectivity index (χ1n) is 19.0. The van der Waals surface area contributed by atoms with Crippen LogP contribution in [0.15, 0.2) is 36.7 Å². The highest BCUT2D eigenvalue weighted by molar-refractivity contribution is 7.47. The van der Waals surface area contributed by atoms with Gasteiger partial charge in [-0.15, -0.1) is 11.8 Å². The Morgan fingerprint density at radius 1 is 1.02 bits per heavy atom. The number of rotatable bonds is 23. The number of aliphatic hydroxyl groups is 2. The molecule has 16 heteroatoms. The Balaban J connectivity index is 1.28. The van der Waals surface area contributed by atoms with Crippen LogP contribution in [-0.4, -0.2) is 67.3 Å². The fourth-order valence-electron chi connectivity index (χ4n) is 6.38. The number of aliphatic hydroxyl groups excluding tert-OH is 2. The molecule has 1 aliphatic heterocycles. The second-order valence-corrected chi connectivity index (χ2v) is 15.2. The fraction of sp³-hybridized carbons (Fsp3) is 0.590. The Bertz CT molecular complexity index is 1870. The number of hydrogen-bond acceptors (Lipinski definition) is 12. The third-order valence-electron chi connectivity index (χ3n) is 9.56. The van der Waals surface area contributed by atoms with E-state index in [4.69, 9.17) is 29.5 Å². The number of nitriles is 2. The van der Waals surface area contributed by atoms with Crippen LogP contribution in [0, 0.1) is 40.3 Å². The number of halogens is 1. The maximum absolute atomic E-state index is 14.2. The van der Waals surface area contributed by atoms with Crippen LogP contribution in [0.25, 0.3) is 5.52 Å². The standard InChI is InChI=1S/C39H52FN6O8P/c1-2-3-4-5-6-7-8-9-10-11-12-13-14-15-16-17-31(51-24-29-18-19-30(23-41)32(40)22-29)25-52-55(49,50)53-26-34-36(47)37(48)39(27-42,54-34)35-21-20-33-38(43)44-28-45-46(33)35/h18-22,28,31,34,36-37,47-48H,2-14,17,24-26H2,1H3,(H,49,50)(H2,43,44,45)/t31-,34-,36-,37-,39+/m1/s1. The van der Waals surface area contributed by atoms with E-state index in [9.17, 15) is 29.3 Å². The van der Waals surface area contributed by atoms with Gasteiger partial charge in [0.2, 0.25) is 5.60 Å². The van der Waals surface area contributed by atoms with E-state index < -0.39 is 56.9 Å². The van der Waals surface area contributed by atoms with E-state index >= 15 is 0 Å². The van der Waals surface area contributed by atoms with Gasteiger partial charge in [-0.3, -0.25) is 9.05 Å². The van der Waals surface area contributed by atoms with Crippen LogP contribution < -0.4 is 5.73 Å². The quantitative estimate of drug-likeness (QED) is 0.0468. The van der Waals surface area contributed by atoms with E-state index in [0.29, 0.717) is 17.5 Å². The summed E-state index contributed by atoms with van der Waals surface area (Å²) < 4.78 is 50.5. The lowest BCUT2D eigenvalue weighted by molar-refractivity contribution is -0.0656. The van der Waals surface area contributed by atoms with Crippen molar-refractivity contribution < 1.29 is 42.6 Å². The number of anilines is 1. The molecule has 1 aromatic carbocycles. The van der Waals surface area contributed by atoms with Gasteiger partial charge < -0.3 is 30.3 Å². The summed E-state index contributed by atoms with van der Waals surface area (Å²) in [6.07, 6.45) is 11.1. The molecule has 2 aromatic heterocycles. The fourth-order valence-corrected chi connectivity index (χ4v) is 7.14. The Labute approximate surface area is 322 Å². The van der Waals surface area contributed by atoms with Gasteiger partial charge in [-0.05, 0) is 36.2 Å². The summed E-state index contributed by atoms with van der Waals surface area (Å²) in [6.45, 7) is 0.976. The Hall–Kier alpha value is -3.94. The highest BCUT2D eigenvalue weighted by Crippen LogP contribution is 2.46. The minimum absolute atomic E-state index is 0.0543. The molecule has 0 radical (unpaired) electrons. The van der Waals surface area contributed by atoms with E-state index in [1.807, 2.05) is 6.07 Å². The monoisotopic (exact) mass is 782 g/mol. The maximum Gasteiger partial charge on any atom is 0.472 e. The number of nitrogens with zero attached hydrogens (tertiary/aromatic N) is 5. The van der Waals surface area contributed by atoms with Gasteiger partial charge >= 0.3 is 7.82 Å². The zero-order valence-electron chi connectivity index (χ0n) is 31.3. The predicted octanol–water partition coefficient (Wildman–Crippen LogP) is 6.37. The molecule has 1 fully saturated rings. The third-order valence-corrected chi connectivity index (χ3v) is 10.5. The van der Waals surface area contributed by atoms with Crippen LogP contribution in [0.5, 0.6) is 0 Å². The topological polar surface area (TPSA) is 218 Å². The Kier molecular flexibility index (Phi) is 17.5. The molecule has 6 atom stereocenters. The van der Waals surface area contributed by atoms with Crippen LogP contribution in [0.2, 0.25) is 0 Å². The Morgan fingerprint density at radius 3 is 2.36 bits per heavy atom. The number of fused-ring (bicyclic) bond motifs is 1. The summed E-state index contributed by atoms with van der Waals surface area (Å²) in [4.78, 5) is 14.4. The summed E-state index contributed by atoms with van der Waals surface area (Å²) in [5.74, 6) is 5.58. The molecule has 0 spiro atoms. The molecule has 3 heterocycles. The van der Waals surface area contributed by atoms with Crippen molar-refractivity contribution in [3.8, 4) is 24.0 Å². The molecule has 1 saturated heterocycles. The molecule has 1 unspecified atom stereocenters. The number of nitrogen functional groups attached to an aromatic ring is 1. The molecular formula is C39H52FN6O8P. The molecule has 5 N–H and O–H groups in total. The highest BCUT2D eigenvalue weighted by Gasteiger charge is 2.58. The van der Waals surface area contributed by atoms with Crippen molar-refractivity contribution in [2.45, 2.75) is 133 Å². The van der Waals surface area contributed by atoms with Crippen molar-refractivity contribution in [3.05, 3.63) is 59.3 Å². The number of hydrogen-bond donors (Lipinski definition) is 4. The summed E-state index contributed by atoms with van der Waals surface area (Å²) in [5, 5.41) is 45.0. The summed E-state index contributed by atoms with van der Waals surface area (Å²) in [7, 11) is -4.81. The van der Waals surface area contributed by atoms with Crippen molar-refractivity contribution in [1.29, 1.82) is 10.5 Å². The number of nitrogens with two attached hydrogens (primary N) is 1. The minimum Gasteiger partial charge on any atom is -0.387 e. The number of benzene rings is 1. The molecule has 14 nitrogen and oxygen atoms in total. The molecule has 3 aromatic rings. The first-order chi connectivity index (χ1) is 26.5. The second-order valence-electron chi connectivity index (χ2n) is 13.7. The predicted molar refractivity (Wildman–Crippen MR) is 201 cm³/mol. The molecule has 1 aliphatic rings. The Morgan fingerprint density at radius 2 is 1.71 bits per heavy atom. The largest absolute Gasteiger partial charge is 0.472 e. The lowest BCUT2D eigenvalue weighted by Crippen LogP contribution is -2.41. The van der Waals surface area contributed by atoms with Crippen molar-refractivity contribution in [2.75, 3.05) is 18.9 Å². The van der Waals surface area contributed by atoms with Gasteiger partial charge in [0.1, 0.15) is 48.1 Å². The summed E-state index contributed by atoms with van der Waals surface area (Å²) >= 11 is 0. The SMILES string of the molecule is CCCCCCCCCCCCCCC#CC[C@H](COP(=O)(O)OC[C@H]1O[C@@](C#N)(c2ccc3c(N)ncnn23)[C@H](O)[C@@H]1O)OCc1ccc(C#N)c(F)c1. The second kappa shape index (κ2) is 22.0. The van der Waals surface area contributed by atoms with Crippen molar-refractivity contribution in [3.63, 3.8) is 0 Å². The van der Waals surface area contributed by atoms with Crippen molar-refractivity contribution in [1.82, 2.24) is 14.6 Å². The lowest BCUT2D eigenvalue weighted by Gasteiger charge is -2.24. The van der Waals surface area contributed by atoms with E-state index in [1.165, 1.54) is 86.6 Å². The van der Waals surface area contributed by atoms with Gasteiger partial charge in [0.25, 0.3) is 0 Å². The van der Waals surface area contributed by atoms with Crippen molar-refractivity contribution >= 4 is 19.2 Å². The van der Waals surface area contributed by atoms with Gasteiger partial charge in [0.15, 0.2) is 5.82 Å². The van der Waals surface area contributed by atoms with E-state index in [-0.39, 0.29) is 30.1 Å². The summed E-state index contributed by atoms with van der Waals surface area (Å²) in [6, 6.07) is 10.7. The van der Waals surface area contributed by atoms with Crippen LogP contribution in [-0.2, 0) is 35.3 Å². The van der Waals surface area contributed by atoms with Gasteiger partial charge in [-0.2, -0.15) is 15.6 Å². The van der Waals surface area contributed by atoms with E-state index in [2.05, 4.69) is 28.8 Å². The molecule has 0 aliphatic carbocycles. The van der Waals surface area contributed by atoms with Crippen LogP contribution in [0.3, 0.4) is 0 Å². The number of aromatic nitrogens is 3. The average molecular weight is 783 g/mol. The molecule has 298 valence electrons. The average Bonchev–Trinajstić information content (AvgIpc) is 3.72. The third kappa shape index (κ3) is 12.5. The van der Waals surface area contributed by atoms with Crippen LogP contribution in [0.1, 0.15) is 114 Å². The molecule has 0 amide bonds. The zero-order chi connectivity index (χ0) is 39.7. The molecule has 4 rings (SSSR count). The van der Waals surface area contributed by atoms with E-state index in [0.717, 1.165) is 25.6 Å². The first-order valence-corrected chi connectivity index (χ1v) is 20.5. The van der Waals surface area contributed by atoms with Crippen LogP contribution in [0.4, 0.5) is 10.2 Å². The maximum atomic E-state index is 14.2. The van der Waals surface area contributed by atoms with Gasteiger partial charge in [0, 0.05) is 12.8 Å². The first kappa shape index (κ1) is 43.8. The number of ether oxygens (including phenoxy) is 2. The molecule has 0 bridgehead atoms. The number of phosphoric ester groups is 1. The van der Waals surface area contributed by atoms with Gasteiger partial charge in [-0.25, -0.2) is 18.5 Å². The summed E-state index contributed by atoms with van der Waals surface area (Å²) in [5.41, 5.74) is 4.48. The van der Waals surface area contributed by atoms with Crippen molar-refractivity contribution in [2.24, 2.45) is 0 Å². The lowest BCUT2D eigenvalue weighted by atomic mass is 9.92. The van der Waals surface area contributed by atoms with Gasteiger partial charge in [-0.1, -0.05) is 83.6 Å². The zero-order valence-corrected chi connectivity index (χ0v) is 32.2. The molecule has 0 saturated carbocycles. The minimum atomic E-state index is -4.81. The highest BCUT2D eigenvalue weighted by atomic mass is 31.2. The number of unbranched alkanes of at least 4 members (excludes halogenated alkanes) is 12. The van der Waals surface area contributed by atoms with E-state index in [1.54, 1.807) is 12.1 Å².